The Morgan fingerprint density at radius 2 is 1.83 bits per heavy atom. The third-order valence-electron chi connectivity index (χ3n) is 6.24. The van der Waals surface area contributed by atoms with Crippen molar-refractivity contribution in [1.82, 2.24) is 29.5 Å². The molecule has 1 fully saturated rings. The third-order valence-corrected chi connectivity index (χ3v) is 7.45. The number of carbonyl (C=O) groups excluding carboxylic acids is 1. The van der Waals surface area contributed by atoms with E-state index in [0.717, 1.165) is 40.7 Å². The normalized spacial score (nSPS) is 14.0. The molecule has 3 aromatic heterocycles. The number of thioether (sulfide) groups is 1. The summed E-state index contributed by atoms with van der Waals surface area (Å²) in [6, 6.07) is 14.1. The Labute approximate surface area is 209 Å². The van der Waals surface area contributed by atoms with Crippen molar-refractivity contribution in [3.05, 3.63) is 77.4 Å². The van der Waals surface area contributed by atoms with Crippen LogP contribution in [0.4, 0.5) is 5.82 Å². The van der Waals surface area contributed by atoms with Crippen molar-refractivity contribution in [2.24, 2.45) is 0 Å². The van der Waals surface area contributed by atoms with Gasteiger partial charge in [-0.2, -0.15) is 14.6 Å². The number of piperazine rings is 1. The molecule has 8 nitrogen and oxygen atoms in total. The van der Waals surface area contributed by atoms with Gasteiger partial charge in [0.25, 0.3) is 11.7 Å². The predicted octanol–water partition coefficient (Wildman–Crippen LogP) is 3.88. The predicted molar refractivity (Wildman–Crippen MR) is 138 cm³/mol. The number of pyridine rings is 1. The Morgan fingerprint density at radius 3 is 2.60 bits per heavy atom. The monoisotopic (exact) mass is 487 g/mol. The lowest BCUT2D eigenvalue weighted by Gasteiger charge is -2.37. The topological polar surface area (TPSA) is 79.5 Å². The second-order valence-electron chi connectivity index (χ2n) is 8.62. The van der Waals surface area contributed by atoms with Gasteiger partial charge in [-0.1, -0.05) is 37.3 Å². The third kappa shape index (κ3) is 4.86. The number of rotatable bonds is 7. The fraction of sp³-hybridized carbons (Fsp3) is 0.346. The van der Waals surface area contributed by atoms with Gasteiger partial charge < -0.3 is 9.80 Å². The second kappa shape index (κ2) is 10.4. The molecule has 5 rings (SSSR count). The summed E-state index contributed by atoms with van der Waals surface area (Å²) in [5.41, 5.74) is 4.01. The molecule has 1 aliphatic heterocycles. The van der Waals surface area contributed by atoms with E-state index in [9.17, 15) is 4.79 Å². The maximum Gasteiger partial charge on any atom is 0.256 e. The number of nitrogens with zero attached hydrogens (tertiary/aromatic N) is 7. The van der Waals surface area contributed by atoms with Gasteiger partial charge in [-0.3, -0.25) is 4.79 Å². The number of hydrogen-bond acceptors (Lipinski definition) is 7. The Hall–Kier alpha value is -3.46. The number of carbonyl (C=O) groups is 1. The maximum absolute atomic E-state index is 13.4. The van der Waals surface area contributed by atoms with Crippen LogP contribution in [0.15, 0.2) is 60.0 Å². The lowest BCUT2D eigenvalue weighted by atomic mass is 10.0. The van der Waals surface area contributed by atoms with Gasteiger partial charge in [0.05, 0.1) is 5.56 Å². The van der Waals surface area contributed by atoms with Crippen LogP contribution < -0.4 is 4.90 Å². The van der Waals surface area contributed by atoms with Gasteiger partial charge >= 0.3 is 0 Å². The van der Waals surface area contributed by atoms with Crippen molar-refractivity contribution in [2.45, 2.75) is 31.7 Å². The smallest absolute Gasteiger partial charge is 0.256 e. The second-order valence-corrected chi connectivity index (χ2v) is 9.70. The molecule has 0 radical (unpaired) electrons. The lowest BCUT2D eigenvalue weighted by Crippen LogP contribution is -2.49. The fourth-order valence-electron chi connectivity index (χ4n) is 4.46. The first-order valence-corrected chi connectivity index (χ1v) is 13.0. The first-order valence-electron chi connectivity index (χ1n) is 12.0. The van der Waals surface area contributed by atoms with Crippen molar-refractivity contribution in [3.8, 4) is 0 Å². The van der Waals surface area contributed by atoms with Crippen LogP contribution in [0, 0.1) is 6.92 Å². The van der Waals surface area contributed by atoms with Crippen LogP contribution in [0.3, 0.4) is 0 Å². The Kier molecular flexibility index (Phi) is 6.94. The van der Waals surface area contributed by atoms with Crippen LogP contribution in [0.2, 0.25) is 0 Å². The van der Waals surface area contributed by atoms with Gasteiger partial charge in [-0.25, -0.2) is 9.97 Å². The summed E-state index contributed by atoms with van der Waals surface area (Å²) in [5.74, 6) is 2.62. The van der Waals surface area contributed by atoms with E-state index in [4.69, 9.17) is 4.98 Å². The maximum atomic E-state index is 13.4. The van der Waals surface area contributed by atoms with Crippen LogP contribution in [-0.2, 0) is 6.42 Å². The highest BCUT2D eigenvalue weighted by Gasteiger charge is 2.28. The summed E-state index contributed by atoms with van der Waals surface area (Å²) in [5, 5.41) is 5.31. The molecule has 0 aliphatic carbocycles. The van der Waals surface area contributed by atoms with Crippen LogP contribution >= 0.6 is 11.8 Å². The highest BCUT2D eigenvalue weighted by atomic mass is 32.2. The van der Waals surface area contributed by atoms with E-state index in [-0.39, 0.29) is 5.91 Å². The zero-order chi connectivity index (χ0) is 24.2. The van der Waals surface area contributed by atoms with Gasteiger partial charge in [-0.05, 0) is 36.8 Å². The van der Waals surface area contributed by atoms with Crippen LogP contribution in [0.5, 0.6) is 0 Å². The van der Waals surface area contributed by atoms with E-state index in [1.807, 2.05) is 34.5 Å². The van der Waals surface area contributed by atoms with E-state index in [0.29, 0.717) is 37.5 Å². The summed E-state index contributed by atoms with van der Waals surface area (Å²) >= 11 is 1.65. The molecule has 0 spiro atoms. The molecule has 1 aliphatic rings. The fourth-order valence-corrected chi connectivity index (χ4v) is 5.30. The summed E-state index contributed by atoms with van der Waals surface area (Å²) in [6.45, 7) is 6.86. The number of aryl methyl sites for hydroxylation is 1. The molecule has 9 heteroatoms. The Balaban J connectivity index is 1.39. The first-order chi connectivity index (χ1) is 17.2. The molecule has 35 heavy (non-hydrogen) atoms. The summed E-state index contributed by atoms with van der Waals surface area (Å²) in [7, 11) is 0. The number of fused-ring (bicyclic) bond motifs is 1. The van der Waals surface area contributed by atoms with Crippen molar-refractivity contribution in [3.63, 3.8) is 0 Å². The molecule has 0 saturated carbocycles. The van der Waals surface area contributed by atoms with Crippen LogP contribution in [0.1, 0.15) is 40.5 Å². The quantitative estimate of drug-likeness (QED) is 0.366. The van der Waals surface area contributed by atoms with Gasteiger partial charge in [0.2, 0.25) is 0 Å². The van der Waals surface area contributed by atoms with E-state index >= 15 is 0 Å². The molecule has 180 valence electrons. The first kappa shape index (κ1) is 23.3. The minimum absolute atomic E-state index is 0.0534. The average molecular weight is 488 g/mol. The molecule has 0 bridgehead atoms. The summed E-state index contributed by atoms with van der Waals surface area (Å²) in [6.07, 6.45) is 5.12. The number of amides is 1. The standard InChI is InChI=1S/C26H29N7OS/c1-3-16-35-23-21(10-7-11-27-23)25(34)32-14-12-31(13-15-32)24-22(17-20-8-5-4-6-9-20)19(2)30-26-28-18-29-33(24)26/h4-11,18H,3,12-17H2,1-2H3. The zero-order valence-corrected chi connectivity index (χ0v) is 20.9. The highest BCUT2D eigenvalue weighted by Crippen LogP contribution is 2.28. The van der Waals surface area contributed by atoms with E-state index in [1.54, 1.807) is 24.3 Å². The lowest BCUT2D eigenvalue weighted by molar-refractivity contribution is 0.0742. The summed E-state index contributed by atoms with van der Waals surface area (Å²) in [4.78, 5) is 31.1. The van der Waals surface area contributed by atoms with Crippen molar-refractivity contribution in [1.29, 1.82) is 0 Å². The molecule has 1 amide bonds. The highest BCUT2D eigenvalue weighted by molar-refractivity contribution is 7.99. The minimum atomic E-state index is 0.0534. The number of benzene rings is 1. The largest absolute Gasteiger partial charge is 0.353 e. The molecular formula is C26H29N7OS. The molecule has 0 N–H and O–H groups in total. The molecule has 1 saturated heterocycles. The van der Waals surface area contributed by atoms with E-state index in [1.165, 1.54) is 5.56 Å². The van der Waals surface area contributed by atoms with E-state index < -0.39 is 0 Å². The minimum Gasteiger partial charge on any atom is -0.353 e. The van der Waals surface area contributed by atoms with Crippen molar-refractivity contribution >= 4 is 29.3 Å². The number of anilines is 1. The molecule has 4 heterocycles. The van der Waals surface area contributed by atoms with Gasteiger partial charge in [0.15, 0.2) is 0 Å². The molecular weight excluding hydrogens is 458 g/mol. The molecule has 1 aromatic carbocycles. The van der Waals surface area contributed by atoms with Crippen LogP contribution in [0.25, 0.3) is 5.78 Å². The SMILES string of the molecule is CCCSc1ncccc1C(=O)N1CCN(c2c(Cc3ccccc3)c(C)nc3ncnn23)CC1. The van der Waals surface area contributed by atoms with Crippen molar-refractivity contribution in [2.75, 3.05) is 36.8 Å². The van der Waals surface area contributed by atoms with E-state index in [2.05, 4.69) is 51.2 Å². The summed E-state index contributed by atoms with van der Waals surface area (Å²) < 4.78 is 1.84. The molecule has 0 unspecified atom stereocenters. The van der Waals surface area contributed by atoms with Gasteiger partial charge in [-0.15, -0.1) is 11.8 Å². The number of hydrogen-bond donors (Lipinski definition) is 0. The Morgan fingerprint density at radius 1 is 1.03 bits per heavy atom. The zero-order valence-electron chi connectivity index (χ0n) is 20.1. The molecule has 4 aromatic rings. The average Bonchev–Trinajstić information content (AvgIpc) is 3.36. The number of aromatic nitrogens is 5. The molecule has 0 atom stereocenters. The van der Waals surface area contributed by atoms with Gasteiger partial charge in [0.1, 0.15) is 17.2 Å². The van der Waals surface area contributed by atoms with Crippen molar-refractivity contribution < 1.29 is 4.79 Å². The van der Waals surface area contributed by atoms with Crippen LogP contribution in [-0.4, -0.2) is 67.3 Å². The Bertz CT molecular complexity index is 1320. The van der Waals surface area contributed by atoms with Gasteiger partial charge in [0, 0.05) is 50.1 Å².